The Morgan fingerprint density at radius 3 is 2.03 bits per heavy atom. The Labute approximate surface area is 233 Å². The topological polar surface area (TPSA) is 87.7 Å². The minimum atomic E-state index is -0.993. The van der Waals surface area contributed by atoms with Gasteiger partial charge in [0, 0.05) is 17.8 Å². The number of nitrogens with one attached hydrogen (secondary N) is 2. The molecule has 0 fully saturated rings. The highest BCUT2D eigenvalue weighted by atomic mass is 32.1. The summed E-state index contributed by atoms with van der Waals surface area (Å²) in [5, 5.41) is 5.72. The second kappa shape index (κ2) is 13.2. The van der Waals surface area contributed by atoms with Crippen LogP contribution < -0.4 is 10.6 Å². The third-order valence-corrected chi connectivity index (χ3v) is 6.92. The summed E-state index contributed by atoms with van der Waals surface area (Å²) in [5.41, 5.74) is 2.07. The van der Waals surface area contributed by atoms with Crippen molar-refractivity contribution in [2.24, 2.45) is 0 Å². The molecule has 8 heteroatoms. The van der Waals surface area contributed by atoms with Crippen molar-refractivity contribution in [1.82, 2.24) is 15.5 Å². The molecule has 0 radical (unpaired) electrons. The van der Waals surface area contributed by atoms with E-state index in [1.807, 2.05) is 83.1 Å². The van der Waals surface area contributed by atoms with Crippen LogP contribution in [0.1, 0.15) is 76.3 Å². The Balaban J connectivity index is 2.58. The van der Waals surface area contributed by atoms with Gasteiger partial charge < -0.3 is 20.3 Å². The van der Waals surface area contributed by atoms with Crippen LogP contribution in [-0.2, 0) is 20.9 Å². The first kappa shape index (κ1) is 31.2. The van der Waals surface area contributed by atoms with E-state index in [1.165, 1.54) is 0 Å². The number of rotatable bonds is 10. The van der Waals surface area contributed by atoms with E-state index in [4.69, 9.17) is 4.74 Å². The SMILES string of the molecule is CCC(C)(C)N(C(=O)C(CS)NC(=O)OC(C)(C)C)C(C(=O)NCc1ccccc1)c1c(C)cccc1C. The van der Waals surface area contributed by atoms with Gasteiger partial charge in [-0.3, -0.25) is 9.59 Å². The van der Waals surface area contributed by atoms with Gasteiger partial charge in [-0.15, -0.1) is 0 Å². The summed E-state index contributed by atoms with van der Waals surface area (Å²) in [4.78, 5) is 42.4. The first-order valence-electron chi connectivity index (χ1n) is 13.0. The summed E-state index contributed by atoms with van der Waals surface area (Å²) in [5.74, 6) is -0.657. The van der Waals surface area contributed by atoms with Gasteiger partial charge in [-0.25, -0.2) is 4.79 Å². The minimum Gasteiger partial charge on any atom is -0.444 e. The second-order valence-corrected chi connectivity index (χ2v) is 11.5. The number of amides is 3. The molecule has 208 valence electrons. The molecule has 2 atom stereocenters. The molecule has 0 bridgehead atoms. The summed E-state index contributed by atoms with van der Waals surface area (Å²) in [6.07, 6.45) is -0.131. The quantitative estimate of drug-likeness (QED) is 0.347. The summed E-state index contributed by atoms with van der Waals surface area (Å²) in [7, 11) is 0. The Kier molecular flexibility index (Phi) is 10.8. The van der Waals surface area contributed by atoms with Crippen LogP contribution in [0.2, 0.25) is 0 Å². The lowest BCUT2D eigenvalue weighted by atomic mass is 9.88. The third-order valence-electron chi connectivity index (χ3n) is 6.56. The highest BCUT2D eigenvalue weighted by molar-refractivity contribution is 7.80. The van der Waals surface area contributed by atoms with Crippen LogP contribution in [0.4, 0.5) is 4.79 Å². The summed E-state index contributed by atoms with van der Waals surface area (Å²) >= 11 is 4.38. The van der Waals surface area contributed by atoms with Crippen molar-refractivity contribution in [2.45, 2.75) is 91.6 Å². The summed E-state index contributed by atoms with van der Waals surface area (Å²) < 4.78 is 5.40. The standard InChI is InChI=1S/C30H43N3O4S/c1-9-30(7,8)33(27(35)23(19-38)32-28(36)37-29(4,5)6)25(24-20(2)14-13-15-21(24)3)26(34)31-18-22-16-11-10-12-17-22/h10-17,23,25,38H,9,18-19H2,1-8H3,(H,31,34)(H,32,36). The van der Waals surface area contributed by atoms with E-state index < -0.39 is 35.2 Å². The maximum absolute atomic E-state index is 14.2. The maximum Gasteiger partial charge on any atom is 0.408 e. The largest absolute Gasteiger partial charge is 0.444 e. The fourth-order valence-electron chi connectivity index (χ4n) is 4.27. The number of aryl methyl sites for hydroxylation is 2. The lowest BCUT2D eigenvalue weighted by molar-refractivity contribution is -0.149. The van der Waals surface area contributed by atoms with Crippen molar-refractivity contribution in [3.63, 3.8) is 0 Å². The highest BCUT2D eigenvalue weighted by Crippen LogP contribution is 2.35. The normalized spacial score (nSPS) is 13.3. The molecule has 2 unspecified atom stereocenters. The average Bonchev–Trinajstić information content (AvgIpc) is 2.84. The molecular formula is C30H43N3O4S. The fourth-order valence-corrected chi connectivity index (χ4v) is 4.51. The van der Waals surface area contributed by atoms with Gasteiger partial charge in [-0.05, 0) is 77.1 Å². The molecule has 0 aliphatic heterocycles. The van der Waals surface area contributed by atoms with E-state index in [2.05, 4.69) is 23.3 Å². The van der Waals surface area contributed by atoms with Crippen LogP contribution in [0.25, 0.3) is 0 Å². The molecule has 3 amide bonds. The molecule has 0 aliphatic rings. The van der Waals surface area contributed by atoms with E-state index in [0.717, 1.165) is 22.3 Å². The van der Waals surface area contributed by atoms with Crippen LogP contribution in [0.5, 0.6) is 0 Å². The first-order chi connectivity index (χ1) is 17.7. The monoisotopic (exact) mass is 541 g/mol. The molecule has 2 rings (SSSR count). The van der Waals surface area contributed by atoms with Crippen molar-refractivity contribution in [1.29, 1.82) is 0 Å². The van der Waals surface area contributed by atoms with Gasteiger partial charge >= 0.3 is 6.09 Å². The van der Waals surface area contributed by atoms with Crippen molar-refractivity contribution in [3.05, 3.63) is 70.8 Å². The highest BCUT2D eigenvalue weighted by Gasteiger charge is 2.43. The smallest absolute Gasteiger partial charge is 0.408 e. The molecule has 2 N–H and O–H groups in total. The van der Waals surface area contributed by atoms with Crippen LogP contribution in [0.15, 0.2) is 48.5 Å². The zero-order chi connectivity index (χ0) is 28.7. The zero-order valence-electron chi connectivity index (χ0n) is 23.9. The third kappa shape index (κ3) is 8.25. The van der Waals surface area contributed by atoms with Crippen LogP contribution in [-0.4, -0.2) is 45.7 Å². The molecule has 2 aromatic rings. The number of thiol groups is 1. The number of carbonyl (C=O) groups is 3. The van der Waals surface area contributed by atoms with Crippen LogP contribution in [0.3, 0.4) is 0 Å². The predicted molar refractivity (Wildman–Crippen MR) is 155 cm³/mol. The Bertz CT molecular complexity index is 1090. The van der Waals surface area contributed by atoms with Gasteiger partial charge in [0.2, 0.25) is 11.8 Å². The molecule has 0 aromatic heterocycles. The van der Waals surface area contributed by atoms with Crippen molar-refractivity contribution in [2.75, 3.05) is 5.75 Å². The number of nitrogens with zero attached hydrogens (tertiary/aromatic N) is 1. The molecule has 0 aliphatic carbocycles. The van der Waals surface area contributed by atoms with E-state index in [9.17, 15) is 14.4 Å². The number of benzene rings is 2. The Hall–Kier alpha value is -3.00. The summed E-state index contributed by atoms with van der Waals surface area (Å²) in [6.45, 7) is 15.3. The number of carbonyl (C=O) groups excluding carboxylic acids is 3. The Morgan fingerprint density at radius 1 is 0.947 bits per heavy atom. The number of hydrogen-bond donors (Lipinski definition) is 3. The molecule has 0 saturated carbocycles. The second-order valence-electron chi connectivity index (χ2n) is 11.2. The van der Waals surface area contributed by atoms with Gasteiger partial charge in [0.25, 0.3) is 0 Å². The van der Waals surface area contributed by atoms with E-state index in [-0.39, 0.29) is 11.7 Å². The van der Waals surface area contributed by atoms with Gasteiger partial charge in [0.05, 0.1) is 0 Å². The fraction of sp³-hybridized carbons (Fsp3) is 0.500. The maximum atomic E-state index is 14.2. The van der Waals surface area contributed by atoms with Gasteiger partial charge in [-0.1, -0.05) is 55.5 Å². The molecule has 0 heterocycles. The molecule has 7 nitrogen and oxygen atoms in total. The van der Waals surface area contributed by atoms with Crippen molar-refractivity contribution < 1.29 is 19.1 Å². The van der Waals surface area contributed by atoms with Crippen LogP contribution in [0, 0.1) is 13.8 Å². The van der Waals surface area contributed by atoms with E-state index in [1.54, 1.807) is 25.7 Å². The first-order valence-corrected chi connectivity index (χ1v) is 13.7. The van der Waals surface area contributed by atoms with E-state index in [0.29, 0.717) is 13.0 Å². The predicted octanol–water partition coefficient (Wildman–Crippen LogP) is 5.50. The van der Waals surface area contributed by atoms with Crippen molar-refractivity contribution >= 4 is 30.5 Å². The molecule has 0 saturated heterocycles. The molecule has 2 aromatic carbocycles. The zero-order valence-corrected chi connectivity index (χ0v) is 24.8. The van der Waals surface area contributed by atoms with Gasteiger partial charge in [0.1, 0.15) is 17.7 Å². The lowest BCUT2D eigenvalue weighted by Gasteiger charge is -2.45. The Morgan fingerprint density at radius 2 is 1.53 bits per heavy atom. The van der Waals surface area contributed by atoms with Crippen LogP contribution >= 0.6 is 12.6 Å². The van der Waals surface area contributed by atoms with E-state index >= 15 is 0 Å². The molecule has 38 heavy (non-hydrogen) atoms. The molecule has 0 spiro atoms. The number of alkyl carbamates (subject to hydrolysis) is 1. The van der Waals surface area contributed by atoms with Gasteiger partial charge in [0.15, 0.2) is 0 Å². The summed E-state index contributed by atoms with van der Waals surface area (Å²) in [6, 6.07) is 13.5. The lowest BCUT2D eigenvalue weighted by Crippen LogP contribution is -2.60. The minimum absolute atomic E-state index is 0.0411. The van der Waals surface area contributed by atoms with Gasteiger partial charge in [-0.2, -0.15) is 12.6 Å². The number of hydrogen-bond acceptors (Lipinski definition) is 5. The van der Waals surface area contributed by atoms with Crippen molar-refractivity contribution in [3.8, 4) is 0 Å². The average molecular weight is 542 g/mol. The molecular weight excluding hydrogens is 498 g/mol. The number of ether oxygens (including phenoxy) is 1.